The molecule has 3 fully saturated rings. The Labute approximate surface area is 223 Å². The first-order valence-electron chi connectivity index (χ1n) is 13.3. The smallest absolute Gasteiger partial charge is 0.246 e. The van der Waals surface area contributed by atoms with E-state index in [0.29, 0.717) is 17.7 Å². The molecule has 3 amide bonds. The molecule has 3 aliphatic rings. The summed E-state index contributed by atoms with van der Waals surface area (Å²) in [5.41, 5.74) is -1.33. The van der Waals surface area contributed by atoms with Crippen LogP contribution in [0.15, 0.2) is 60.7 Å². The predicted molar refractivity (Wildman–Crippen MR) is 143 cm³/mol. The molecule has 2 bridgehead atoms. The molecule has 0 saturated carbocycles. The molecule has 3 aliphatic heterocycles. The molecule has 1 spiro atoms. The van der Waals surface area contributed by atoms with E-state index in [-0.39, 0.29) is 30.2 Å². The second-order valence-electron chi connectivity index (χ2n) is 12.2. The largest absolute Gasteiger partial charge is 0.394 e. The average molecular weight is 520 g/mol. The first-order chi connectivity index (χ1) is 17.9. The minimum atomic E-state index is -1.19. The van der Waals surface area contributed by atoms with E-state index in [4.69, 9.17) is 4.74 Å². The second-order valence-corrected chi connectivity index (χ2v) is 12.2. The van der Waals surface area contributed by atoms with Crippen molar-refractivity contribution < 1.29 is 24.2 Å². The molecule has 5 rings (SSSR count). The van der Waals surface area contributed by atoms with Gasteiger partial charge in [0.05, 0.1) is 30.1 Å². The van der Waals surface area contributed by atoms with E-state index in [2.05, 4.69) is 10.6 Å². The van der Waals surface area contributed by atoms with Crippen molar-refractivity contribution in [2.24, 2.45) is 17.8 Å². The Morgan fingerprint density at radius 2 is 1.68 bits per heavy atom. The standard InChI is InChI=1S/C30H37N3O5/c1-18-16-30-23(22(29(18,5)38-30)25(35)31-20-14-10-7-11-15-20)27(37)33(24(30)26(36)32-28(2,3)4)21(17-34)19-12-8-6-9-13-19/h6-15,18,21-24,34H,16-17H2,1-5H3,(H,31,35)(H,32,36)/t18?,21-,22+,23+,24?,29-,30?/m1/s1. The van der Waals surface area contributed by atoms with Crippen LogP contribution >= 0.6 is 0 Å². The van der Waals surface area contributed by atoms with Gasteiger partial charge in [0, 0.05) is 11.2 Å². The first-order valence-corrected chi connectivity index (χ1v) is 13.3. The Kier molecular flexibility index (Phi) is 6.39. The van der Waals surface area contributed by atoms with E-state index >= 15 is 0 Å². The summed E-state index contributed by atoms with van der Waals surface area (Å²) < 4.78 is 6.77. The normalized spacial score (nSPS) is 32.7. The number of nitrogens with one attached hydrogen (secondary N) is 2. The third-order valence-corrected chi connectivity index (χ3v) is 8.52. The molecule has 202 valence electrons. The van der Waals surface area contributed by atoms with Crippen LogP contribution in [0.4, 0.5) is 5.69 Å². The summed E-state index contributed by atoms with van der Waals surface area (Å²) in [4.78, 5) is 43.8. The number of aliphatic hydroxyl groups excluding tert-OH is 1. The molecular formula is C30H37N3O5. The van der Waals surface area contributed by atoms with Crippen LogP contribution in [0, 0.1) is 17.8 Å². The van der Waals surface area contributed by atoms with Gasteiger partial charge in [-0.05, 0) is 57.7 Å². The van der Waals surface area contributed by atoms with Gasteiger partial charge in [0.25, 0.3) is 0 Å². The molecule has 8 nitrogen and oxygen atoms in total. The van der Waals surface area contributed by atoms with Gasteiger partial charge in [0.15, 0.2) is 0 Å². The van der Waals surface area contributed by atoms with E-state index in [1.807, 2.05) is 83.1 Å². The molecule has 0 aliphatic carbocycles. The molecule has 38 heavy (non-hydrogen) atoms. The number of benzene rings is 2. The zero-order valence-corrected chi connectivity index (χ0v) is 22.6. The number of likely N-dealkylation sites (tertiary alicyclic amines) is 1. The molecule has 3 heterocycles. The third kappa shape index (κ3) is 4.01. The summed E-state index contributed by atoms with van der Waals surface area (Å²) in [6, 6.07) is 16.6. The minimum Gasteiger partial charge on any atom is -0.394 e. The summed E-state index contributed by atoms with van der Waals surface area (Å²) in [5.74, 6) is -2.73. The van der Waals surface area contributed by atoms with Gasteiger partial charge >= 0.3 is 0 Å². The zero-order valence-electron chi connectivity index (χ0n) is 22.6. The number of anilines is 1. The average Bonchev–Trinajstić information content (AvgIpc) is 3.37. The molecule has 8 heteroatoms. The Bertz CT molecular complexity index is 1230. The van der Waals surface area contributed by atoms with Crippen molar-refractivity contribution in [1.82, 2.24) is 10.2 Å². The number of aliphatic hydroxyl groups is 1. The van der Waals surface area contributed by atoms with Crippen LogP contribution in [0.1, 0.15) is 52.6 Å². The van der Waals surface area contributed by atoms with Gasteiger partial charge in [-0.25, -0.2) is 0 Å². The quantitative estimate of drug-likeness (QED) is 0.543. The highest BCUT2D eigenvalue weighted by Gasteiger charge is 2.80. The number of nitrogens with zero attached hydrogens (tertiary/aromatic N) is 1. The highest BCUT2D eigenvalue weighted by atomic mass is 16.5. The molecule has 2 aromatic rings. The van der Waals surface area contributed by atoms with E-state index < -0.39 is 40.7 Å². The predicted octanol–water partition coefficient (Wildman–Crippen LogP) is 3.28. The summed E-state index contributed by atoms with van der Waals surface area (Å²) >= 11 is 0. The van der Waals surface area contributed by atoms with Gasteiger partial charge in [0.2, 0.25) is 17.7 Å². The molecule has 0 radical (unpaired) electrons. The van der Waals surface area contributed by atoms with E-state index in [9.17, 15) is 19.5 Å². The van der Waals surface area contributed by atoms with Crippen molar-refractivity contribution in [3.8, 4) is 0 Å². The monoisotopic (exact) mass is 519 g/mol. The number of ether oxygens (including phenoxy) is 1. The van der Waals surface area contributed by atoms with E-state index in [0.717, 1.165) is 0 Å². The maximum atomic E-state index is 14.4. The van der Waals surface area contributed by atoms with Gasteiger partial charge in [-0.3, -0.25) is 14.4 Å². The number of carbonyl (C=O) groups is 3. The zero-order chi connectivity index (χ0) is 27.5. The summed E-state index contributed by atoms with van der Waals surface area (Å²) in [6.45, 7) is 9.18. The summed E-state index contributed by atoms with van der Waals surface area (Å²) in [5, 5.41) is 16.6. The second kappa shape index (κ2) is 9.20. The van der Waals surface area contributed by atoms with Crippen LogP contribution < -0.4 is 10.6 Å². The SMILES string of the molecule is CC1CC23O[C@@]1(C)[C@H](C(=O)Nc1ccccc1)[C@H]2C(=O)N([C@H](CO)c1ccccc1)C3C(=O)NC(C)(C)C. The highest BCUT2D eigenvalue weighted by molar-refractivity contribution is 6.02. The lowest BCUT2D eigenvalue weighted by Crippen LogP contribution is -2.59. The van der Waals surface area contributed by atoms with Crippen LogP contribution in [0.3, 0.4) is 0 Å². The fourth-order valence-corrected chi connectivity index (χ4v) is 6.92. The molecule has 3 N–H and O–H groups in total. The first kappa shape index (κ1) is 26.4. The maximum Gasteiger partial charge on any atom is 0.246 e. The molecule has 2 aromatic carbocycles. The number of carbonyl (C=O) groups excluding carboxylic acids is 3. The van der Waals surface area contributed by atoms with Crippen LogP contribution in [-0.2, 0) is 19.1 Å². The summed E-state index contributed by atoms with van der Waals surface area (Å²) in [6.07, 6.45) is 0.459. The van der Waals surface area contributed by atoms with Crippen molar-refractivity contribution in [1.29, 1.82) is 0 Å². The highest BCUT2D eigenvalue weighted by Crippen LogP contribution is 2.66. The van der Waals surface area contributed by atoms with E-state index in [1.54, 1.807) is 12.1 Å². The van der Waals surface area contributed by atoms with E-state index in [1.165, 1.54) is 4.90 Å². The molecule has 3 saturated heterocycles. The van der Waals surface area contributed by atoms with Gasteiger partial charge in [0.1, 0.15) is 11.6 Å². The number of amides is 3. The lowest BCUT2D eigenvalue weighted by atomic mass is 9.62. The van der Waals surface area contributed by atoms with Gasteiger partial charge in [-0.2, -0.15) is 0 Å². The Morgan fingerprint density at radius 3 is 2.26 bits per heavy atom. The van der Waals surface area contributed by atoms with Crippen molar-refractivity contribution in [2.75, 3.05) is 11.9 Å². The van der Waals surface area contributed by atoms with Crippen LogP contribution in [-0.4, -0.2) is 57.1 Å². The number of fused-ring (bicyclic) bond motifs is 1. The van der Waals surface area contributed by atoms with Gasteiger partial charge in [-0.1, -0.05) is 55.5 Å². The lowest BCUT2D eigenvalue weighted by molar-refractivity contribution is -0.150. The summed E-state index contributed by atoms with van der Waals surface area (Å²) in [7, 11) is 0. The van der Waals surface area contributed by atoms with Crippen molar-refractivity contribution >= 4 is 23.4 Å². The van der Waals surface area contributed by atoms with Crippen LogP contribution in [0.25, 0.3) is 0 Å². The molecule has 0 aromatic heterocycles. The fraction of sp³-hybridized carbons (Fsp3) is 0.500. The van der Waals surface area contributed by atoms with Gasteiger partial charge < -0.3 is 25.4 Å². The molecular weight excluding hydrogens is 482 g/mol. The topological polar surface area (TPSA) is 108 Å². The number of para-hydroxylation sites is 1. The number of hydrogen-bond donors (Lipinski definition) is 3. The van der Waals surface area contributed by atoms with Crippen molar-refractivity contribution in [3.05, 3.63) is 66.2 Å². The Hall–Kier alpha value is -3.23. The lowest BCUT2D eigenvalue weighted by Gasteiger charge is -2.38. The van der Waals surface area contributed by atoms with Crippen LogP contribution in [0.5, 0.6) is 0 Å². The van der Waals surface area contributed by atoms with Crippen molar-refractivity contribution in [2.45, 2.75) is 69.9 Å². The molecule has 3 unspecified atom stereocenters. The van der Waals surface area contributed by atoms with Crippen molar-refractivity contribution in [3.63, 3.8) is 0 Å². The minimum absolute atomic E-state index is 0.0766. The number of hydrogen-bond acceptors (Lipinski definition) is 5. The van der Waals surface area contributed by atoms with Gasteiger partial charge in [-0.15, -0.1) is 0 Å². The Morgan fingerprint density at radius 1 is 1.08 bits per heavy atom. The number of rotatable bonds is 6. The fourth-order valence-electron chi connectivity index (χ4n) is 6.92. The third-order valence-electron chi connectivity index (χ3n) is 8.52. The molecule has 7 atom stereocenters. The van der Waals surface area contributed by atoms with Crippen LogP contribution in [0.2, 0.25) is 0 Å². The Balaban J connectivity index is 1.62. The maximum absolute atomic E-state index is 14.4.